The molecule has 0 spiro atoms. The molecule has 0 aromatic heterocycles. The zero-order valence-corrected chi connectivity index (χ0v) is 7.30. The third-order valence-electron chi connectivity index (χ3n) is 1.48. The van der Waals surface area contributed by atoms with Crippen molar-refractivity contribution in [1.29, 1.82) is 0 Å². The predicted molar refractivity (Wildman–Crippen MR) is 41.1 cm³/mol. The second-order valence-electron chi connectivity index (χ2n) is 2.61. The first kappa shape index (κ1) is 10.3. The van der Waals surface area contributed by atoms with Crippen molar-refractivity contribution < 1.29 is 17.6 Å². The Kier molecular flexibility index (Phi) is 2.52. The monoisotopic (exact) mass is 212 g/mol. The number of aryl methyl sites for hydroxylation is 1. The zero-order valence-electron chi connectivity index (χ0n) is 6.54. The van der Waals surface area contributed by atoms with Crippen LogP contribution in [0.2, 0.25) is 5.02 Å². The van der Waals surface area contributed by atoms with Crippen molar-refractivity contribution in [3.05, 3.63) is 34.1 Å². The SMILES string of the molecule is Cc1cc(Cl)c(F)c(C(F)(F)F)c1. The fourth-order valence-corrected chi connectivity index (χ4v) is 1.20. The molecule has 0 radical (unpaired) electrons. The van der Waals surface area contributed by atoms with Crippen LogP contribution in [0.25, 0.3) is 0 Å². The van der Waals surface area contributed by atoms with Gasteiger partial charge in [0.1, 0.15) is 0 Å². The minimum atomic E-state index is -4.69. The topological polar surface area (TPSA) is 0 Å². The molecule has 0 saturated heterocycles. The summed E-state index contributed by atoms with van der Waals surface area (Å²) >= 11 is 5.25. The standard InChI is InChI=1S/C8H5ClF4/c1-4-2-5(8(11,12)13)7(10)6(9)3-4/h2-3H,1H3. The summed E-state index contributed by atoms with van der Waals surface area (Å²) in [7, 11) is 0. The summed E-state index contributed by atoms with van der Waals surface area (Å²) in [6.45, 7) is 1.42. The van der Waals surface area contributed by atoms with Gasteiger partial charge in [0.05, 0.1) is 10.6 Å². The second-order valence-corrected chi connectivity index (χ2v) is 3.01. The highest BCUT2D eigenvalue weighted by atomic mass is 35.5. The summed E-state index contributed by atoms with van der Waals surface area (Å²) < 4.78 is 49.2. The smallest absolute Gasteiger partial charge is 0.205 e. The van der Waals surface area contributed by atoms with Gasteiger partial charge in [-0.15, -0.1) is 0 Å². The Morgan fingerprint density at radius 1 is 1.23 bits per heavy atom. The number of hydrogen-bond acceptors (Lipinski definition) is 0. The van der Waals surface area contributed by atoms with E-state index >= 15 is 0 Å². The van der Waals surface area contributed by atoms with Gasteiger partial charge in [-0.2, -0.15) is 13.2 Å². The van der Waals surface area contributed by atoms with E-state index in [1.54, 1.807) is 0 Å². The lowest BCUT2D eigenvalue weighted by Gasteiger charge is -2.09. The van der Waals surface area contributed by atoms with E-state index in [2.05, 4.69) is 0 Å². The third kappa shape index (κ3) is 2.12. The fraction of sp³-hybridized carbons (Fsp3) is 0.250. The summed E-state index contributed by atoms with van der Waals surface area (Å²) in [5, 5.41) is -0.507. The molecule has 0 amide bonds. The number of benzene rings is 1. The van der Waals surface area contributed by atoms with Crippen LogP contribution in [-0.2, 0) is 6.18 Å². The summed E-state index contributed by atoms with van der Waals surface area (Å²) in [5.41, 5.74) is -1.05. The van der Waals surface area contributed by atoms with Crippen LogP contribution in [0.3, 0.4) is 0 Å². The maximum absolute atomic E-state index is 12.8. The van der Waals surface area contributed by atoms with Gasteiger partial charge in [0, 0.05) is 0 Å². The molecule has 0 atom stereocenters. The molecule has 1 rings (SSSR count). The van der Waals surface area contributed by atoms with Crippen molar-refractivity contribution in [3.8, 4) is 0 Å². The summed E-state index contributed by atoms with van der Waals surface area (Å²) in [4.78, 5) is 0. The lowest BCUT2D eigenvalue weighted by Crippen LogP contribution is -2.08. The number of hydrogen-bond donors (Lipinski definition) is 0. The minimum absolute atomic E-state index is 0.277. The molecule has 0 heterocycles. The Morgan fingerprint density at radius 3 is 2.23 bits per heavy atom. The van der Waals surface area contributed by atoms with Crippen LogP contribution in [0.15, 0.2) is 12.1 Å². The molecule has 1 aromatic carbocycles. The van der Waals surface area contributed by atoms with Crippen LogP contribution in [0.4, 0.5) is 17.6 Å². The Balaban J connectivity index is 3.37. The van der Waals surface area contributed by atoms with Crippen LogP contribution in [0.5, 0.6) is 0 Å². The molecule has 0 fully saturated rings. The zero-order chi connectivity index (χ0) is 10.2. The highest BCUT2D eigenvalue weighted by Crippen LogP contribution is 2.34. The van der Waals surface area contributed by atoms with Gasteiger partial charge >= 0.3 is 6.18 Å². The summed E-state index contributed by atoms with van der Waals surface area (Å²) in [6, 6.07) is 1.87. The van der Waals surface area contributed by atoms with Crippen LogP contribution in [-0.4, -0.2) is 0 Å². The first-order valence-electron chi connectivity index (χ1n) is 3.35. The van der Waals surface area contributed by atoms with Gasteiger partial charge < -0.3 is 0 Å². The maximum atomic E-state index is 12.8. The molecule has 0 N–H and O–H groups in total. The highest BCUT2D eigenvalue weighted by Gasteiger charge is 2.35. The Morgan fingerprint density at radius 2 is 1.77 bits per heavy atom. The molecule has 13 heavy (non-hydrogen) atoms. The van der Waals surface area contributed by atoms with Crippen molar-refractivity contribution in [3.63, 3.8) is 0 Å². The van der Waals surface area contributed by atoms with E-state index in [-0.39, 0.29) is 5.56 Å². The first-order valence-corrected chi connectivity index (χ1v) is 3.73. The van der Waals surface area contributed by atoms with E-state index in [1.807, 2.05) is 0 Å². The maximum Gasteiger partial charge on any atom is 0.419 e. The van der Waals surface area contributed by atoms with Gasteiger partial charge in [-0.3, -0.25) is 0 Å². The first-order chi connectivity index (χ1) is 5.82. The second kappa shape index (κ2) is 3.18. The fourth-order valence-electron chi connectivity index (χ4n) is 0.931. The number of alkyl halides is 3. The quantitative estimate of drug-likeness (QED) is 0.574. The Labute approximate surface area is 77.1 Å². The largest absolute Gasteiger partial charge is 0.419 e. The normalized spacial score (nSPS) is 11.8. The molecule has 5 heteroatoms. The lowest BCUT2D eigenvalue weighted by molar-refractivity contribution is -0.140. The summed E-state index contributed by atoms with van der Waals surface area (Å²) in [5.74, 6) is -1.42. The molecule has 0 aliphatic carbocycles. The van der Waals surface area contributed by atoms with Crippen molar-refractivity contribution >= 4 is 11.6 Å². The van der Waals surface area contributed by atoms with E-state index in [4.69, 9.17) is 11.6 Å². The summed E-state index contributed by atoms with van der Waals surface area (Å²) in [6.07, 6.45) is -4.69. The van der Waals surface area contributed by atoms with Gasteiger partial charge in [-0.25, -0.2) is 4.39 Å². The van der Waals surface area contributed by atoms with E-state index in [0.717, 1.165) is 12.1 Å². The molecule has 0 unspecified atom stereocenters. The van der Waals surface area contributed by atoms with E-state index in [0.29, 0.717) is 0 Å². The molecule has 0 bridgehead atoms. The van der Waals surface area contributed by atoms with Crippen molar-refractivity contribution in [2.45, 2.75) is 13.1 Å². The Hall–Kier alpha value is -0.770. The van der Waals surface area contributed by atoms with Gasteiger partial charge in [0.2, 0.25) is 0 Å². The Bertz CT molecular complexity index is 330. The van der Waals surface area contributed by atoms with E-state index in [9.17, 15) is 17.6 Å². The molecule has 72 valence electrons. The lowest BCUT2D eigenvalue weighted by atomic mass is 10.1. The van der Waals surface area contributed by atoms with Gasteiger partial charge in [-0.1, -0.05) is 11.6 Å². The van der Waals surface area contributed by atoms with E-state index in [1.165, 1.54) is 6.92 Å². The highest BCUT2D eigenvalue weighted by molar-refractivity contribution is 6.30. The van der Waals surface area contributed by atoms with Gasteiger partial charge in [-0.05, 0) is 24.6 Å². The number of rotatable bonds is 0. The molecule has 0 saturated carbocycles. The molecular formula is C8H5ClF4. The van der Waals surface area contributed by atoms with Crippen LogP contribution < -0.4 is 0 Å². The molecule has 0 aliphatic heterocycles. The van der Waals surface area contributed by atoms with Crippen molar-refractivity contribution in [2.75, 3.05) is 0 Å². The van der Waals surface area contributed by atoms with Crippen LogP contribution >= 0.6 is 11.6 Å². The molecule has 0 nitrogen and oxygen atoms in total. The average Bonchev–Trinajstić information content (AvgIpc) is 1.94. The van der Waals surface area contributed by atoms with Gasteiger partial charge in [0.25, 0.3) is 0 Å². The van der Waals surface area contributed by atoms with Crippen molar-refractivity contribution in [1.82, 2.24) is 0 Å². The third-order valence-corrected chi connectivity index (χ3v) is 1.75. The average molecular weight is 213 g/mol. The molecule has 0 aliphatic rings. The van der Waals surface area contributed by atoms with Crippen LogP contribution in [0, 0.1) is 12.7 Å². The molecule has 1 aromatic rings. The predicted octanol–water partition coefficient (Wildman–Crippen LogP) is 3.81. The van der Waals surface area contributed by atoms with Crippen LogP contribution in [0.1, 0.15) is 11.1 Å². The van der Waals surface area contributed by atoms with E-state index < -0.39 is 22.6 Å². The van der Waals surface area contributed by atoms with Crippen molar-refractivity contribution in [2.24, 2.45) is 0 Å². The number of halogens is 5. The molecular weight excluding hydrogens is 208 g/mol. The van der Waals surface area contributed by atoms with Gasteiger partial charge in [0.15, 0.2) is 5.82 Å². The minimum Gasteiger partial charge on any atom is -0.205 e.